The molecule has 7 nitrogen and oxygen atoms in total. The van der Waals surface area contributed by atoms with Crippen molar-refractivity contribution in [3.8, 4) is 0 Å². The van der Waals surface area contributed by atoms with Crippen LogP contribution in [-0.2, 0) is 11.3 Å². The Morgan fingerprint density at radius 2 is 2.18 bits per heavy atom. The van der Waals surface area contributed by atoms with Crippen LogP contribution in [0.25, 0.3) is 10.2 Å². The Kier molecular flexibility index (Phi) is 4.80. The molecule has 1 aliphatic rings. The normalized spacial score (nSPS) is 15.1. The third-order valence-corrected chi connectivity index (χ3v) is 6.10. The third kappa shape index (κ3) is 3.47. The second-order valence-electron chi connectivity index (χ2n) is 7.02. The van der Waals surface area contributed by atoms with E-state index >= 15 is 0 Å². The van der Waals surface area contributed by atoms with Gasteiger partial charge in [-0.3, -0.25) is 4.79 Å². The lowest BCUT2D eigenvalue weighted by Gasteiger charge is -2.17. The number of aromatic nitrogens is 2. The summed E-state index contributed by atoms with van der Waals surface area (Å²) in [5.74, 6) is 0.604. The molecule has 1 aromatic carbocycles. The van der Waals surface area contributed by atoms with Crippen molar-refractivity contribution in [2.24, 2.45) is 0 Å². The molecule has 2 aromatic heterocycles. The number of thiophene rings is 1. The lowest BCUT2D eigenvalue weighted by atomic mass is 10.1. The Labute approximate surface area is 166 Å². The maximum atomic E-state index is 12.5. The van der Waals surface area contributed by atoms with Crippen LogP contribution in [0, 0.1) is 13.8 Å². The van der Waals surface area contributed by atoms with Crippen molar-refractivity contribution in [3.05, 3.63) is 56.4 Å². The quantitative estimate of drug-likeness (QED) is 0.684. The molecular weight excluding hydrogens is 376 g/mol. The molecule has 146 valence electrons. The first-order valence-corrected chi connectivity index (χ1v) is 10.0. The lowest BCUT2D eigenvalue weighted by molar-refractivity contribution is 0.157. The van der Waals surface area contributed by atoms with E-state index in [0.29, 0.717) is 30.9 Å². The van der Waals surface area contributed by atoms with Crippen LogP contribution >= 0.6 is 11.3 Å². The number of aryl methyl sites for hydroxylation is 2. The van der Waals surface area contributed by atoms with Gasteiger partial charge in [-0.1, -0.05) is 12.1 Å². The average molecular weight is 398 g/mol. The van der Waals surface area contributed by atoms with Crippen molar-refractivity contribution in [1.29, 1.82) is 0 Å². The Morgan fingerprint density at radius 3 is 2.93 bits per heavy atom. The molecule has 1 atom stereocenters. The van der Waals surface area contributed by atoms with E-state index in [9.17, 15) is 9.59 Å². The van der Waals surface area contributed by atoms with Crippen molar-refractivity contribution < 1.29 is 9.53 Å². The van der Waals surface area contributed by atoms with Crippen LogP contribution in [0.5, 0.6) is 0 Å². The van der Waals surface area contributed by atoms with Crippen LogP contribution in [0.3, 0.4) is 0 Å². The zero-order chi connectivity index (χ0) is 19.8. The fourth-order valence-corrected chi connectivity index (χ4v) is 4.38. The highest BCUT2D eigenvalue weighted by Gasteiger charge is 2.22. The van der Waals surface area contributed by atoms with Crippen molar-refractivity contribution in [3.63, 3.8) is 0 Å². The summed E-state index contributed by atoms with van der Waals surface area (Å²) in [7, 11) is 0. The predicted molar refractivity (Wildman–Crippen MR) is 110 cm³/mol. The van der Waals surface area contributed by atoms with Gasteiger partial charge in [0.25, 0.3) is 5.56 Å². The second-order valence-corrected chi connectivity index (χ2v) is 8.22. The van der Waals surface area contributed by atoms with E-state index in [1.807, 2.05) is 45.0 Å². The molecule has 0 aliphatic carbocycles. The highest BCUT2D eigenvalue weighted by Crippen LogP contribution is 2.27. The Bertz CT molecular complexity index is 1100. The van der Waals surface area contributed by atoms with Crippen LogP contribution in [0.1, 0.15) is 34.8 Å². The van der Waals surface area contributed by atoms with Crippen molar-refractivity contribution in [2.75, 3.05) is 18.5 Å². The number of H-pyrrole nitrogens is 1. The first kappa shape index (κ1) is 18.5. The number of nitrogens with one attached hydrogen (secondary N) is 2. The number of hydrogen-bond donors (Lipinski definition) is 2. The van der Waals surface area contributed by atoms with Crippen LogP contribution < -0.4 is 10.9 Å². The molecule has 28 heavy (non-hydrogen) atoms. The molecule has 0 radical (unpaired) electrons. The van der Waals surface area contributed by atoms with Gasteiger partial charge in [-0.05, 0) is 44.0 Å². The van der Waals surface area contributed by atoms with Crippen molar-refractivity contribution in [2.45, 2.75) is 33.4 Å². The van der Waals surface area contributed by atoms with E-state index in [-0.39, 0.29) is 17.7 Å². The third-order valence-electron chi connectivity index (χ3n) is 5.00. The molecular formula is C20H22N4O3S. The van der Waals surface area contributed by atoms with E-state index in [2.05, 4.69) is 15.3 Å². The van der Waals surface area contributed by atoms with Gasteiger partial charge in [-0.15, -0.1) is 11.3 Å². The Morgan fingerprint density at radius 1 is 1.36 bits per heavy atom. The van der Waals surface area contributed by atoms with Gasteiger partial charge in [0, 0.05) is 17.1 Å². The smallest absolute Gasteiger partial charge is 0.410 e. The molecule has 4 rings (SSSR count). The lowest BCUT2D eigenvalue weighted by Crippen LogP contribution is -2.23. The molecule has 0 spiro atoms. The minimum absolute atomic E-state index is 0.100. The van der Waals surface area contributed by atoms with Crippen LogP contribution in [-0.4, -0.2) is 34.1 Å². The summed E-state index contributed by atoms with van der Waals surface area (Å²) in [6, 6.07) is 7.70. The number of aromatic amines is 1. The fourth-order valence-electron chi connectivity index (χ4n) is 3.34. The molecule has 0 unspecified atom stereocenters. The molecule has 1 amide bonds. The molecule has 8 heteroatoms. The van der Waals surface area contributed by atoms with Gasteiger partial charge in [-0.25, -0.2) is 9.78 Å². The summed E-state index contributed by atoms with van der Waals surface area (Å²) < 4.78 is 4.98. The maximum Gasteiger partial charge on any atom is 0.410 e. The molecule has 0 bridgehead atoms. The van der Waals surface area contributed by atoms with Gasteiger partial charge in [0.05, 0.1) is 18.0 Å². The fraction of sp³-hybridized carbons (Fsp3) is 0.350. The molecule has 2 N–H and O–H groups in total. The molecule has 3 aromatic rings. The standard InChI is InChI=1S/C20H22N4O3S/c1-11-13(3)28-19-16(11)18(25)22-17(23-19)12(2)21-15-6-4-5-14(9-15)10-24-7-8-27-20(24)26/h4-6,9,12,21H,7-8,10H2,1-3H3,(H,22,23,25)/t12-/m0/s1. The number of cyclic esters (lactones) is 1. The summed E-state index contributed by atoms with van der Waals surface area (Å²) >= 11 is 1.54. The number of ether oxygens (including phenoxy) is 1. The number of nitrogens with zero attached hydrogens (tertiary/aromatic N) is 2. The summed E-state index contributed by atoms with van der Waals surface area (Å²) in [6.45, 7) is 7.48. The molecule has 0 saturated carbocycles. The zero-order valence-corrected chi connectivity index (χ0v) is 16.9. The summed E-state index contributed by atoms with van der Waals surface area (Å²) in [5, 5.41) is 4.06. The molecule has 1 fully saturated rings. The van der Waals surface area contributed by atoms with Gasteiger partial charge in [0.1, 0.15) is 17.3 Å². The highest BCUT2D eigenvalue weighted by molar-refractivity contribution is 7.18. The van der Waals surface area contributed by atoms with Crippen LogP contribution in [0.2, 0.25) is 0 Å². The maximum absolute atomic E-state index is 12.5. The van der Waals surface area contributed by atoms with Gasteiger partial charge >= 0.3 is 6.09 Å². The average Bonchev–Trinajstić information content (AvgIpc) is 3.18. The Balaban J connectivity index is 1.54. The van der Waals surface area contributed by atoms with E-state index in [1.54, 1.807) is 16.2 Å². The van der Waals surface area contributed by atoms with Gasteiger partial charge in [-0.2, -0.15) is 0 Å². The number of hydrogen-bond acceptors (Lipinski definition) is 6. The topological polar surface area (TPSA) is 87.3 Å². The predicted octanol–water partition coefficient (Wildman–Crippen LogP) is 3.73. The molecule has 3 heterocycles. The summed E-state index contributed by atoms with van der Waals surface area (Å²) in [4.78, 5) is 35.3. The largest absolute Gasteiger partial charge is 0.448 e. The first-order valence-electron chi connectivity index (χ1n) is 9.19. The van der Waals surface area contributed by atoms with Gasteiger partial charge in [0.15, 0.2) is 0 Å². The first-order chi connectivity index (χ1) is 13.4. The van der Waals surface area contributed by atoms with Crippen molar-refractivity contribution >= 4 is 33.3 Å². The van der Waals surface area contributed by atoms with E-state index in [0.717, 1.165) is 26.5 Å². The summed E-state index contributed by atoms with van der Waals surface area (Å²) in [6.07, 6.45) is -0.275. The van der Waals surface area contributed by atoms with E-state index in [1.165, 1.54) is 0 Å². The summed E-state index contributed by atoms with van der Waals surface area (Å²) in [5.41, 5.74) is 2.81. The number of anilines is 1. The minimum Gasteiger partial charge on any atom is -0.448 e. The minimum atomic E-state index is -0.275. The second kappa shape index (κ2) is 7.27. The van der Waals surface area contributed by atoms with Crippen molar-refractivity contribution in [1.82, 2.24) is 14.9 Å². The van der Waals surface area contributed by atoms with Crippen LogP contribution in [0.15, 0.2) is 29.1 Å². The Hall–Kier alpha value is -2.87. The highest BCUT2D eigenvalue weighted by atomic mass is 32.1. The van der Waals surface area contributed by atoms with E-state index in [4.69, 9.17) is 4.74 Å². The molecule has 1 saturated heterocycles. The van der Waals surface area contributed by atoms with Crippen LogP contribution in [0.4, 0.5) is 10.5 Å². The number of amides is 1. The SMILES string of the molecule is Cc1sc2nc([C@H](C)Nc3cccc(CN4CCOC4=O)c3)[nH]c(=O)c2c1C. The number of fused-ring (bicyclic) bond motifs is 1. The number of benzene rings is 1. The van der Waals surface area contributed by atoms with Gasteiger partial charge in [0.2, 0.25) is 0 Å². The zero-order valence-electron chi connectivity index (χ0n) is 16.0. The number of carbonyl (C=O) groups is 1. The molecule has 1 aliphatic heterocycles. The number of carbonyl (C=O) groups excluding carboxylic acids is 1. The van der Waals surface area contributed by atoms with E-state index < -0.39 is 0 Å². The van der Waals surface area contributed by atoms with Gasteiger partial charge < -0.3 is 19.9 Å². The monoisotopic (exact) mass is 398 g/mol. The number of rotatable bonds is 5.